The first-order valence-corrected chi connectivity index (χ1v) is 12.2. The minimum absolute atomic E-state index is 0.0300. The molecule has 1 aliphatic heterocycles. The molecule has 3 heterocycles. The number of piperidine rings is 1. The monoisotopic (exact) mass is 476 g/mol. The van der Waals surface area contributed by atoms with Crippen molar-refractivity contribution in [2.75, 3.05) is 23.3 Å². The van der Waals surface area contributed by atoms with E-state index in [-0.39, 0.29) is 29.7 Å². The number of hydrogen-bond acceptors (Lipinski definition) is 5. The molecule has 4 aromatic rings. The fourth-order valence-corrected chi connectivity index (χ4v) is 5.12. The van der Waals surface area contributed by atoms with E-state index in [1.807, 2.05) is 47.5 Å². The van der Waals surface area contributed by atoms with Gasteiger partial charge in [0.25, 0.3) is 5.56 Å². The highest BCUT2D eigenvalue weighted by atomic mass is 32.1. The maximum absolute atomic E-state index is 13.4. The van der Waals surface area contributed by atoms with Gasteiger partial charge in [0.15, 0.2) is 0 Å². The zero-order valence-electron chi connectivity index (χ0n) is 18.8. The Bertz CT molecular complexity index is 1380. The molecule has 0 bridgehead atoms. The Kier molecular flexibility index (Phi) is 6.15. The first-order chi connectivity index (χ1) is 16.5. The maximum Gasteiger partial charge on any atom is 0.273 e. The van der Waals surface area contributed by atoms with Crippen LogP contribution in [0.15, 0.2) is 64.8 Å². The molecular formula is C26H25FN4O2S. The van der Waals surface area contributed by atoms with Crippen LogP contribution < -0.4 is 15.8 Å². The van der Waals surface area contributed by atoms with Crippen LogP contribution in [-0.4, -0.2) is 28.5 Å². The number of amides is 1. The van der Waals surface area contributed by atoms with Crippen LogP contribution in [0.1, 0.15) is 24.0 Å². The SMILES string of the molecule is Cc1ccc(NC(=O)[C@H]2CCCN(c3nc4ccsc4c(=O)n3Cc3ccc(F)cc3)C2)cc1. The largest absolute Gasteiger partial charge is 0.341 e. The molecule has 0 aliphatic carbocycles. The van der Waals surface area contributed by atoms with E-state index < -0.39 is 0 Å². The zero-order valence-corrected chi connectivity index (χ0v) is 19.6. The van der Waals surface area contributed by atoms with Gasteiger partial charge in [0.2, 0.25) is 11.9 Å². The number of aryl methyl sites for hydroxylation is 1. The number of aromatic nitrogens is 2. The van der Waals surface area contributed by atoms with Gasteiger partial charge >= 0.3 is 0 Å². The lowest BCUT2D eigenvalue weighted by Crippen LogP contribution is -2.43. The molecule has 174 valence electrons. The van der Waals surface area contributed by atoms with E-state index in [1.54, 1.807) is 16.7 Å². The molecule has 34 heavy (non-hydrogen) atoms. The molecule has 0 radical (unpaired) electrons. The fraction of sp³-hybridized carbons (Fsp3) is 0.269. The van der Waals surface area contributed by atoms with Crippen molar-refractivity contribution < 1.29 is 9.18 Å². The average Bonchev–Trinajstić information content (AvgIpc) is 3.33. The summed E-state index contributed by atoms with van der Waals surface area (Å²) in [4.78, 5) is 33.2. The average molecular weight is 477 g/mol. The van der Waals surface area contributed by atoms with Crippen LogP contribution in [-0.2, 0) is 11.3 Å². The smallest absolute Gasteiger partial charge is 0.273 e. The highest BCUT2D eigenvalue weighted by Crippen LogP contribution is 2.26. The number of carbonyl (C=O) groups excluding carboxylic acids is 1. The first-order valence-electron chi connectivity index (χ1n) is 11.3. The number of thiophene rings is 1. The van der Waals surface area contributed by atoms with Crippen molar-refractivity contribution in [1.29, 1.82) is 0 Å². The molecular weight excluding hydrogens is 451 g/mol. The van der Waals surface area contributed by atoms with E-state index in [1.165, 1.54) is 23.5 Å². The van der Waals surface area contributed by atoms with Gasteiger partial charge in [-0.2, -0.15) is 0 Å². The van der Waals surface area contributed by atoms with E-state index in [2.05, 4.69) is 5.32 Å². The molecule has 2 aromatic heterocycles. The molecule has 8 heteroatoms. The van der Waals surface area contributed by atoms with Gasteiger partial charge in [0, 0.05) is 18.8 Å². The van der Waals surface area contributed by atoms with Gasteiger partial charge in [-0.15, -0.1) is 11.3 Å². The standard InChI is InChI=1S/C26H25FN4O2S/c1-17-4-10-21(11-5-17)28-24(32)19-3-2-13-30(16-19)26-29-22-12-14-34-23(22)25(33)31(26)15-18-6-8-20(27)9-7-18/h4-12,14,19H,2-3,13,15-16H2,1H3,(H,28,32)/t19-/m0/s1. The molecule has 1 fully saturated rings. The van der Waals surface area contributed by atoms with E-state index in [0.717, 1.165) is 29.7 Å². The summed E-state index contributed by atoms with van der Waals surface area (Å²) >= 11 is 1.37. The molecule has 1 N–H and O–H groups in total. The Morgan fingerprint density at radius 1 is 1.15 bits per heavy atom. The lowest BCUT2D eigenvalue weighted by Gasteiger charge is -2.34. The summed E-state index contributed by atoms with van der Waals surface area (Å²) in [5.74, 6) is -0.0170. The summed E-state index contributed by atoms with van der Waals surface area (Å²) in [6, 6.07) is 15.7. The van der Waals surface area contributed by atoms with Crippen LogP contribution in [0.2, 0.25) is 0 Å². The number of anilines is 2. The van der Waals surface area contributed by atoms with Gasteiger partial charge in [-0.1, -0.05) is 29.8 Å². The van der Waals surface area contributed by atoms with Crippen molar-refractivity contribution >= 4 is 39.1 Å². The maximum atomic E-state index is 13.4. The van der Waals surface area contributed by atoms with Crippen LogP contribution in [0.5, 0.6) is 0 Å². The topological polar surface area (TPSA) is 67.2 Å². The quantitative estimate of drug-likeness (QED) is 0.449. The normalized spacial score (nSPS) is 16.1. The summed E-state index contributed by atoms with van der Waals surface area (Å²) in [6.07, 6.45) is 1.59. The van der Waals surface area contributed by atoms with E-state index in [0.29, 0.717) is 29.3 Å². The van der Waals surface area contributed by atoms with Crippen LogP contribution in [0.3, 0.4) is 0 Å². The number of hydrogen-bond donors (Lipinski definition) is 1. The second-order valence-corrected chi connectivity index (χ2v) is 9.62. The predicted octanol–water partition coefficient (Wildman–Crippen LogP) is 4.81. The van der Waals surface area contributed by atoms with Gasteiger partial charge in [0.05, 0.1) is 18.0 Å². The third-order valence-corrected chi connectivity index (χ3v) is 7.09. The molecule has 1 aliphatic rings. The summed E-state index contributed by atoms with van der Waals surface area (Å²) in [6.45, 7) is 3.47. The number of nitrogens with one attached hydrogen (secondary N) is 1. The third kappa shape index (κ3) is 4.59. The molecule has 0 unspecified atom stereocenters. The summed E-state index contributed by atoms with van der Waals surface area (Å²) in [5.41, 5.74) is 3.26. The van der Waals surface area contributed by atoms with Crippen LogP contribution in [0, 0.1) is 18.7 Å². The van der Waals surface area contributed by atoms with Gasteiger partial charge in [-0.05, 0) is 61.0 Å². The summed E-state index contributed by atoms with van der Waals surface area (Å²) in [7, 11) is 0. The second kappa shape index (κ2) is 9.38. The minimum Gasteiger partial charge on any atom is -0.341 e. The van der Waals surface area contributed by atoms with E-state index in [9.17, 15) is 14.0 Å². The fourth-order valence-electron chi connectivity index (χ4n) is 4.34. The molecule has 0 spiro atoms. The van der Waals surface area contributed by atoms with Crippen molar-refractivity contribution in [3.05, 3.63) is 87.3 Å². The summed E-state index contributed by atoms with van der Waals surface area (Å²) < 4.78 is 15.6. The van der Waals surface area contributed by atoms with Crippen LogP contribution in [0.4, 0.5) is 16.0 Å². The Morgan fingerprint density at radius 3 is 2.68 bits per heavy atom. The molecule has 1 atom stereocenters. The lowest BCUT2D eigenvalue weighted by atomic mass is 9.97. The minimum atomic E-state index is -0.318. The highest BCUT2D eigenvalue weighted by Gasteiger charge is 2.29. The summed E-state index contributed by atoms with van der Waals surface area (Å²) in [5, 5.41) is 4.88. The highest BCUT2D eigenvalue weighted by molar-refractivity contribution is 7.17. The third-order valence-electron chi connectivity index (χ3n) is 6.19. The molecule has 6 nitrogen and oxygen atoms in total. The number of carbonyl (C=O) groups is 1. The molecule has 0 saturated carbocycles. The Hall–Kier alpha value is -3.52. The Morgan fingerprint density at radius 2 is 1.91 bits per heavy atom. The second-order valence-electron chi connectivity index (χ2n) is 8.70. The zero-order chi connectivity index (χ0) is 23.7. The van der Waals surface area contributed by atoms with Gasteiger partial charge in [-0.3, -0.25) is 14.2 Å². The number of fused-ring (bicyclic) bond motifs is 1. The van der Waals surface area contributed by atoms with Crippen molar-refractivity contribution in [2.24, 2.45) is 5.92 Å². The van der Waals surface area contributed by atoms with Crippen molar-refractivity contribution in [1.82, 2.24) is 9.55 Å². The molecule has 2 aromatic carbocycles. The number of nitrogens with zero attached hydrogens (tertiary/aromatic N) is 3. The van der Waals surface area contributed by atoms with Crippen LogP contribution in [0.25, 0.3) is 10.2 Å². The molecule has 5 rings (SSSR count). The first kappa shape index (κ1) is 22.3. The lowest BCUT2D eigenvalue weighted by molar-refractivity contribution is -0.120. The number of rotatable bonds is 5. The van der Waals surface area contributed by atoms with Gasteiger partial charge in [-0.25, -0.2) is 9.37 Å². The number of halogens is 1. The van der Waals surface area contributed by atoms with E-state index in [4.69, 9.17) is 4.98 Å². The Balaban J connectivity index is 1.44. The molecule has 1 amide bonds. The van der Waals surface area contributed by atoms with Gasteiger partial charge < -0.3 is 10.2 Å². The van der Waals surface area contributed by atoms with Crippen molar-refractivity contribution in [2.45, 2.75) is 26.3 Å². The van der Waals surface area contributed by atoms with E-state index >= 15 is 0 Å². The predicted molar refractivity (Wildman–Crippen MR) is 134 cm³/mol. The molecule has 1 saturated heterocycles. The van der Waals surface area contributed by atoms with Crippen molar-refractivity contribution in [3.8, 4) is 0 Å². The van der Waals surface area contributed by atoms with Gasteiger partial charge in [0.1, 0.15) is 10.5 Å². The van der Waals surface area contributed by atoms with Crippen LogP contribution >= 0.6 is 11.3 Å². The Labute approximate surface area is 200 Å². The number of benzene rings is 2. The van der Waals surface area contributed by atoms with Crippen molar-refractivity contribution in [3.63, 3.8) is 0 Å².